The highest BCUT2D eigenvalue weighted by molar-refractivity contribution is 6.22. The molecule has 128 valence electrons. The van der Waals surface area contributed by atoms with E-state index in [4.69, 9.17) is 16.3 Å². The van der Waals surface area contributed by atoms with Crippen LogP contribution in [0.5, 0.6) is 0 Å². The molecule has 0 amide bonds. The molecule has 0 saturated heterocycles. The number of benzene rings is 2. The van der Waals surface area contributed by atoms with Crippen LogP contribution in [0.15, 0.2) is 67.3 Å². The number of ether oxygens (including phenoxy) is 1. The predicted molar refractivity (Wildman–Crippen MR) is 103 cm³/mol. The Kier molecular flexibility index (Phi) is 5.72. The van der Waals surface area contributed by atoms with Crippen molar-refractivity contribution < 1.29 is 9.53 Å². The Morgan fingerprint density at radius 2 is 1.84 bits per heavy atom. The van der Waals surface area contributed by atoms with Crippen LogP contribution in [0.25, 0.3) is 11.1 Å². The van der Waals surface area contributed by atoms with Gasteiger partial charge in [-0.1, -0.05) is 67.3 Å². The van der Waals surface area contributed by atoms with Crippen molar-refractivity contribution in [2.24, 2.45) is 0 Å². The number of allylic oxidation sites excluding steroid dienone is 2. The first kappa shape index (κ1) is 17.5. The van der Waals surface area contributed by atoms with Gasteiger partial charge in [0.05, 0.1) is 11.0 Å². The molecule has 0 aliphatic heterocycles. The summed E-state index contributed by atoms with van der Waals surface area (Å²) in [7, 11) is 0. The van der Waals surface area contributed by atoms with E-state index >= 15 is 0 Å². The van der Waals surface area contributed by atoms with E-state index in [-0.39, 0.29) is 12.0 Å². The lowest BCUT2D eigenvalue weighted by atomic mass is 9.88. The highest BCUT2D eigenvalue weighted by Gasteiger charge is 2.19. The number of alkyl halides is 1. The van der Waals surface area contributed by atoms with Gasteiger partial charge in [-0.15, -0.1) is 11.6 Å². The lowest BCUT2D eigenvalue weighted by Crippen LogP contribution is -2.09. The van der Waals surface area contributed by atoms with Crippen LogP contribution in [0.3, 0.4) is 0 Å². The molecule has 0 aromatic heterocycles. The van der Waals surface area contributed by atoms with E-state index in [1.165, 1.54) is 5.57 Å². The maximum atomic E-state index is 12.4. The lowest BCUT2D eigenvalue weighted by molar-refractivity contribution is -0.137. The Balaban J connectivity index is 1.77. The van der Waals surface area contributed by atoms with Crippen molar-refractivity contribution in [2.75, 3.05) is 0 Å². The Hall–Kier alpha value is -2.32. The van der Waals surface area contributed by atoms with Gasteiger partial charge < -0.3 is 4.74 Å². The molecule has 2 aromatic rings. The van der Waals surface area contributed by atoms with Gasteiger partial charge in [0.1, 0.15) is 6.61 Å². The molecule has 0 bridgehead atoms. The molecule has 2 nitrogen and oxygen atoms in total. The summed E-state index contributed by atoms with van der Waals surface area (Å²) < 4.78 is 5.42. The zero-order chi connectivity index (χ0) is 17.6. The highest BCUT2D eigenvalue weighted by atomic mass is 35.5. The second-order valence-corrected chi connectivity index (χ2v) is 6.75. The van der Waals surface area contributed by atoms with E-state index < -0.39 is 5.97 Å². The van der Waals surface area contributed by atoms with Crippen LogP contribution < -0.4 is 0 Å². The Bertz CT molecular complexity index is 793. The fourth-order valence-corrected chi connectivity index (χ4v) is 3.35. The summed E-state index contributed by atoms with van der Waals surface area (Å²) in [4.78, 5) is 12.4. The van der Waals surface area contributed by atoms with Crippen molar-refractivity contribution in [3.8, 4) is 0 Å². The van der Waals surface area contributed by atoms with Gasteiger partial charge in [0.15, 0.2) is 0 Å². The number of carbonyl (C=O) groups excluding carboxylic acids is 1. The van der Waals surface area contributed by atoms with E-state index in [0.29, 0.717) is 5.57 Å². The van der Waals surface area contributed by atoms with E-state index in [1.807, 2.05) is 54.6 Å². The van der Waals surface area contributed by atoms with Crippen molar-refractivity contribution in [1.82, 2.24) is 0 Å². The molecule has 1 unspecified atom stereocenters. The van der Waals surface area contributed by atoms with E-state index in [9.17, 15) is 4.79 Å². The maximum Gasteiger partial charge on any atom is 0.338 e. The number of hydrogen-bond acceptors (Lipinski definition) is 2. The predicted octanol–water partition coefficient (Wildman–Crippen LogP) is 5.62. The minimum atomic E-state index is -0.393. The Morgan fingerprint density at radius 3 is 2.60 bits per heavy atom. The lowest BCUT2D eigenvalue weighted by Gasteiger charge is -2.19. The quantitative estimate of drug-likeness (QED) is 0.396. The smallest absolute Gasteiger partial charge is 0.338 e. The van der Waals surface area contributed by atoms with Crippen LogP contribution in [0.1, 0.15) is 36.0 Å². The third kappa shape index (κ3) is 4.40. The second kappa shape index (κ2) is 8.17. The van der Waals surface area contributed by atoms with E-state index in [2.05, 4.69) is 12.7 Å². The summed E-state index contributed by atoms with van der Waals surface area (Å²) in [6.07, 6.45) is 5.10. The third-order valence-corrected chi connectivity index (χ3v) is 4.71. The molecule has 0 fully saturated rings. The summed E-state index contributed by atoms with van der Waals surface area (Å²) in [6.45, 7) is 4.22. The first-order valence-corrected chi connectivity index (χ1v) is 8.93. The molecule has 1 aliphatic rings. The molecule has 0 radical (unpaired) electrons. The van der Waals surface area contributed by atoms with Crippen LogP contribution >= 0.6 is 11.6 Å². The summed E-state index contributed by atoms with van der Waals surface area (Å²) in [5.74, 6) is -0.393. The molecule has 0 saturated carbocycles. The molecule has 1 atom stereocenters. The molecule has 2 aromatic carbocycles. The SMILES string of the molecule is C=C(C(=O)OCc1ccccc1)c1ccccc1C1=CC(Cl)CCC1. The van der Waals surface area contributed by atoms with Crippen molar-refractivity contribution in [3.63, 3.8) is 0 Å². The van der Waals surface area contributed by atoms with Gasteiger partial charge in [0.2, 0.25) is 0 Å². The number of carbonyl (C=O) groups is 1. The Labute approximate surface area is 153 Å². The number of rotatable bonds is 5. The zero-order valence-electron chi connectivity index (χ0n) is 14.1. The standard InChI is InChI=1S/C22H21ClO2/c1-16(22(24)25-15-17-8-3-2-4-9-17)20-12-5-6-13-21(20)18-10-7-11-19(23)14-18/h2-6,8-9,12-14,19H,1,7,10-11,15H2. The maximum absolute atomic E-state index is 12.4. The monoisotopic (exact) mass is 352 g/mol. The fraction of sp³-hybridized carbons (Fsp3) is 0.227. The number of hydrogen-bond donors (Lipinski definition) is 0. The average molecular weight is 353 g/mol. The molecule has 3 heteroatoms. The summed E-state index contributed by atoms with van der Waals surface area (Å²) in [6, 6.07) is 17.5. The zero-order valence-corrected chi connectivity index (χ0v) is 14.8. The second-order valence-electron chi connectivity index (χ2n) is 6.19. The van der Waals surface area contributed by atoms with Gasteiger partial charge in [-0.05, 0) is 41.5 Å². The molecular formula is C22H21ClO2. The minimum Gasteiger partial charge on any atom is -0.457 e. The van der Waals surface area contributed by atoms with Gasteiger partial charge in [-0.3, -0.25) is 0 Å². The molecular weight excluding hydrogens is 332 g/mol. The van der Waals surface area contributed by atoms with Gasteiger partial charge in [0.25, 0.3) is 0 Å². The number of halogens is 1. The van der Waals surface area contributed by atoms with Gasteiger partial charge >= 0.3 is 5.97 Å². The molecule has 1 aliphatic carbocycles. The van der Waals surface area contributed by atoms with E-state index in [0.717, 1.165) is 36.0 Å². The van der Waals surface area contributed by atoms with Crippen LogP contribution in [-0.4, -0.2) is 11.3 Å². The van der Waals surface area contributed by atoms with Crippen LogP contribution in [0.4, 0.5) is 0 Å². The molecule has 0 N–H and O–H groups in total. The average Bonchev–Trinajstić information content (AvgIpc) is 2.66. The van der Waals surface area contributed by atoms with Crippen molar-refractivity contribution in [1.29, 1.82) is 0 Å². The van der Waals surface area contributed by atoms with Crippen molar-refractivity contribution in [2.45, 2.75) is 31.2 Å². The van der Waals surface area contributed by atoms with Crippen molar-refractivity contribution in [3.05, 3.63) is 83.9 Å². The first-order chi connectivity index (χ1) is 12.1. The van der Waals surface area contributed by atoms with Gasteiger partial charge in [-0.25, -0.2) is 4.79 Å². The summed E-state index contributed by atoms with van der Waals surface area (Å²) in [5.41, 5.74) is 4.35. The fourth-order valence-electron chi connectivity index (χ4n) is 3.04. The van der Waals surface area contributed by atoms with Gasteiger partial charge in [0, 0.05) is 0 Å². The molecule has 3 rings (SSSR count). The topological polar surface area (TPSA) is 26.3 Å². The van der Waals surface area contributed by atoms with Crippen LogP contribution in [0, 0.1) is 0 Å². The van der Waals surface area contributed by atoms with Crippen LogP contribution in [0.2, 0.25) is 0 Å². The molecule has 0 spiro atoms. The molecule has 25 heavy (non-hydrogen) atoms. The molecule has 0 heterocycles. The largest absolute Gasteiger partial charge is 0.457 e. The number of esters is 1. The Morgan fingerprint density at radius 1 is 1.12 bits per heavy atom. The van der Waals surface area contributed by atoms with Crippen molar-refractivity contribution >= 4 is 28.7 Å². The van der Waals surface area contributed by atoms with Gasteiger partial charge in [-0.2, -0.15) is 0 Å². The summed E-state index contributed by atoms with van der Waals surface area (Å²) >= 11 is 6.28. The first-order valence-electron chi connectivity index (χ1n) is 8.49. The summed E-state index contributed by atoms with van der Waals surface area (Å²) in [5, 5.41) is 0.0510. The minimum absolute atomic E-state index is 0.0510. The highest BCUT2D eigenvalue weighted by Crippen LogP contribution is 2.33. The normalized spacial score (nSPS) is 16.8. The van der Waals surface area contributed by atoms with Crippen LogP contribution in [-0.2, 0) is 16.1 Å². The van der Waals surface area contributed by atoms with E-state index in [1.54, 1.807) is 0 Å². The third-order valence-electron chi connectivity index (χ3n) is 4.37.